The van der Waals surface area contributed by atoms with Gasteiger partial charge in [0.25, 0.3) is 11.6 Å². The molecule has 1 amide bonds. The van der Waals surface area contributed by atoms with Crippen LogP contribution < -0.4 is 9.47 Å². The SMILES string of the molecule is CCOc1cc(/C=C2/SC(=Nc3ccccc3)N(CCc3ccccc3)C2=O)ccc1OCc1ccc([N+](=O)[O-])cc1. The Morgan fingerprint density at radius 2 is 1.60 bits per heavy atom. The fourth-order valence-electron chi connectivity index (χ4n) is 4.32. The molecule has 5 rings (SSSR count). The van der Waals surface area contributed by atoms with Gasteiger partial charge in [-0.05, 0) is 84.3 Å². The zero-order valence-electron chi connectivity index (χ0n) is 23.0. The fourth-order valence-corrected chi connectivity index (χ4v) is 5.34. The molecule has 0 saturated carbocycles. The molecule has 0 aliphatic carbocycles. The molecule has 0 spiro atoms. The molecule has 4 aromatic carbocycles. The highest BCUT2D eigenvalue weighted by Crippen LogP contribution is 2.36. The van der Waals surface area contributed by atoms with Gasteiger partial charge in [-0.1, -0.05) is 54.6 Å². The van der Waals surface area contributed by atoms with Crippen molar-refractivity contribution in [1.82, 2.24) is 4.90 Å². The first-order chi connectivity index (χ1) is 20.5. The topological polar surface area (TPSA) is 94.3 Å². The predicted molar refractivity (Wildman–Crippen MR) is 166 cm³/mol. The van der Waals surface area contributed by atoms with Gasteiger partial charge in [0.2, 0.25) is 0 Å². The monoisotopic (exact) mass is 579 g/mol. The van der Waals surface area contributed by atoms with Crippen molar-refractivity contribution >= 4 is 40.3 Å². The maximum Gasteiger partial charge on any atom is 0.269 e. The lowest BCUT2D eigenvalue weighted by Gasteiger charge is -2.15. The number of benzene rings is 4. The molecule has 1 aliphatic rings. The average molecular weight is 580 g/mol. The van der Waals surface area contributed by atoms with Crippen LogP contribution in [0.5, 0.6) is 11.5 Å². The number of thioether (sulfide) groups is 1. The number of para-hydroxylation sites is 1. The summed E-state index contributed by atoms with van der Waals surface area (Å²) in [6.07, 6.45) is 2.56. The van der Waals surface area contributed by atoms with Gasteiger partial charge in [0, 0.05) is 18.7 Å². The number of hydrogen-bond donors (Lipinski definition) is 0. The van der Waals surface area contributed by atoms with E-state index in [1.54, 1.807) is 23.1 Å². The summed E-state index contributed by atoms with van der Waals surface area (Å²) in [6, 6.07) is 31.4. The number of aliphatic imine (C=N–C) groups is 1. The molecule has 8 nitrogen and oxygen atoms in total. The van der Waals surface area contributed by atoms with Crippen LogP contribution in [-0.4, -0.2) is 34.0 Å². The minimum absolute atomic E-state index is 0.0288. The van der Waals surface area contributed by atoms with Crippen LogP contribution in [0.1, 0.15) is 23.6 Å². The molecule has 1 heterocycles. The van der Waals surface area contributed by atoms with Crippen molar-refractivity contribution in [3.63, 3.8) is 0 Å². The molecule has 0 atom stereocenters. The van der Waals surface area contributed by atoms with Crippen LogP contribution in [0.25, 0.3) is 6.08 Å². The Labute approximate surface area is 248 Å². The molecule has 9 heteroatoms. The second-order valence-corrected chi connectivity index (χ2v) is 10.4. The summed E-state index contributed by atoms with van der Waals surface area (Å²) in [4.78, 5) is 31.2. The molecular weight excluding hydrogens is 550 g/mol. The Kier molecular flexibility index (Phi) is 9.30. The van der Waals surface area contributed by atoms with Crippen molar-refractivity contribution in [2.24, 2.45) is 4.99 Å². The van der Waals surface area contributed by atoms with Crippen molar-refractivity contribution in [2.75, 3.05) is 13.2 Å². The van der Waals surface area contributed by atoms with Gasteiger partial charge >= 0.3 is 0 Å². The normalized spacial score (nSPS) is 14.9. The third kappa shape index (κ3) is 7.24. The molecule has 1 aliphatic heterocycles. The van der Waals surface area contributed by atoms with Crippen molar-refractivity contribution in [2.45, 2.75) is 20.0 Å². The molecule has 0 N–H and O–H groups in total. The smallest absolute Gasteiger partial charge is 0.269 e. The van der Waals surface area contributed by atoms with Gasteiger partial charge in [0.1, 0.15) is 6.61 Å². The maximum atomic E-state index is 13.6. The molecule has 0 unspecified atom stereocenters. The Morgan fingerprint density at radius 1 is 0.881 bits per heavy atom. The number of amidine groups is 1. The van der Waals surface area contributed by atoms with E-state index < -0.39 is 4.92 Å². The number of nitro groups is 1. The highest BCUT2D eigenvalue weighted by atomic mass is 32.2. The molecule has 0 aromatic heterocycles. The largest absolute Gasteiger partial charge is 0.490 e. The first kappa shape index (κ1) is 28.6. The number of non-ortho nitro benzene ring substituents is 1. The predicted octanol–water partition coefficient (Wildman–Crippen LogP) is 7.42. The number of ether oxygens (including phenoxy) is 2. The highest BCUT2D eigenvalue weighted by Gasteiger charge is 2.33. The minimum atomic E-state index is -0.433. The fraction of sp³-hybridized carbons (Fsp3) is 0.152. The van der Waals surface area contributed by atoms with Crippen molar-refractivity contribution in [3.8, 4) is 11.5 Å². The second-order valence-electron chi connectivity index (χ2n) is 9.38. The number of rotatable bonds is 11. The van der Waals surface area contributed by atoms with E-state index in [-0.39, 0.29) is 18.2 Å². The Balaban J connectivity index is 1.36. The number of nitrogens with zero attached hydrogens (tertiary/aromatic N) is 3. The molecular formula is C33H29N3O5S. The summed E-state index contributed by atoms with van der Waals surface area (Å²) in [5.41, 5.74) is 3.55. The Hall–Kier alpha value is -4.89. The summed E-state index contributed by atoms with van der Waals surface area (Å²) in [5, 5.41) is 11.6. The number of amides is 1. The summed E-state index contributed by atoms with van der Waals surface area (Å²) in [6.45, 7) is 3.06. The van der Waals surface area contributed by atoms with Crippen LogP contribution in [0.15, 0.2) is 113 Å². The Bertz CT molecular complexity index is 1610. The minimum Gasteiger partial charge on any atom is -0.490 e. The molecule has 212 valence electrons. The number of carbonyl (C=O) groups excluding carboxylic acids is 1. The maximum absolute atomic E-state index is 13.6. The van der Waals surface area contributed by atoms with Gasteiger partial charge in [-0.25, -0.2) is 4.99 Å². The van der Waals surface area contributed by atoms with Crippen LogP contribution in [0.3, 0.4) is 0 Å². The van der Waals surface area contributed by atoms with E-state index in [0.29, 0.717) is 41.1 Å². The molecule has 0 bridgehead atoms. The number of nitro benzene ring substituents is 1. The Morgan fingerprint density at radius 3 is 2.29 bits per heavy atom. The summed E-state index contributed by atoms with van der Waals surface area (Å²) < 4.78 is 11.8. The van der Waals surface area contributed by atoms with E-state index in [0.717, 1.165) is 22.4 Å². The van der Waals surface area contributed by atoms with Gasteiger partial charge in [0.15, 0.2) is 16.7 Å². The molecule has 0 radical (unpaired) electrons. The van der Waals surface area contributed by atoms with Gasteiger partial charge < -0.3 is 9.47 Å². The molecule has 1 fully saturated rings. The van der Waals surface area contributed by atoms with Gasteiger partial charge in [-0.3, -0.25) is 19.8 Å². The summed E-state index contributed by atoms with van der Waals surface area (Å²) in [7, 11) is 0. The van der Waals surface area contributed by atoms with Gasteiger partial charge in [-0.2, -0.15) is 0 Å². The van der Waals surface area contributed by atoms with Crippen LogP contribution in [0.2, 0.25) is 0 Å². The third-order valence-electron chi connectivity index (χ3n) is 6.44. The average Bonchev–Trinajstić information content (AvgIpc) is 3.29. The number of carbonyl (C=O) groups is 1. The van der Waals surface area contributed by atoms with E-state index >= 15 is 0 Å². The van der Waals surface area contributed by atoms with E-state index in [1.807, 2.05) is 73.7 Å². The first-order valence-corrected chi connectivity index (χ1v) is 14.3. The van der Waals surface area contributed by atoms with Crippen molar-refractivity contribution in [3.05, 3.63) is 135 Å². The number of hydrogen-bond acceptors (Lipinski definition) is 7. The van der Waals surface area contributed by atoms with Crippen LogP contribution >= 0.6 is 11.8 Å². The van der Waals surface area contributed by atoms with Crippen LogP contribution in [-0.2, 0) is 17.8 Å². The molecule has 42 heavy (non-hydrogen) atoms. The quantitative estimate of drug-likeness (QED) is 0.104. The van der Waals surface area contributed by atoms with Gasteiger partial charge in [-0.15, -0.1) is 0 Å². The van der Waals surface area contributed by atoms with Crippen molar-refractivity contribution < 1.29 is 19.2 Å². The van der Waals surface area contributed by atoms with E-state index in [1.165, 1.54) is 23.9 Å². The lowest BCUT2D eigenvalue weighted by molar-refractivity contribution is -0.384. The van der Waals surface area contributed by atoms with E-state index in [2.05, 4.69) is 12.1 Å². The summed E-state index contributed by atoms with van der Waals surface area (Å²) in [5.74, 6) is 0.990. The third-order valence-corrected chi connectivity index (χ3v) is 7.45. The lowest BCUT2D eigenvalue weighted by atomic mass is 10.1. The highest BCUT2D eigenvalue weighted by molar-refractivity contribution is 8.18. The van der Waals surface area contributed by atoms with Crippen LogP contribution in [0, 0.1) is 10.1 Å². The van der Waals surface area contributed by atoms with Gasteiger partial charge in [0.05, 0.1) is 22.1 Å². The first-order valence-electron chi connectivity index (χ1n) is 13.5. The molecule has 4 aromatic rings. The standard InChI is InChI=1S/C33H29N3O5S/c1-2-40-30-21-26(15-18-29(30)41-23-25-13-16-28(17-14-25)36(38)39)22-31-32(37)35(20-19-24-9-5-3-6-10-24)33(42-31)34-27-11-7-4-8-12-27/h3-18,21-22H,2,19-20,23H2,1H3/b31-22+,34-33?. The molecule has 1 saturated heterocycles. The zero-order chi connectivity index (χ0) is 29.3. The van der Waals surface area contributed by atoms with E-state index in [9.17, 15) is 14.9 Å². The van der Waals surface area contributed by atoms with E-state index in [4.69, 9.17) is 14.5 Å². The van der Waals surface area contributed by atoms with Crippen molar-refractivity contribution in [1.29, 1.82) is 0 Å². The lowest BCUT2D eigenvalue weighted by Crippen LogP contribution is -2.31. The summed E-state index contributed by atoms with van der Waals surface area (Å²) >= 11 is 1.35. The second kappa shape index (κ2) is 13.6. The van der Waals surface area contributed by atoms with Crippen LogP contribution in [0.4, 0.5) is 11.4 Å². The zero-order valence-corrected chi connectivity index (χ0v) is 23.8.